The Morgan fingerprint density at radius 3 is 2.57 bits per heavy atom. The number of amides is 2. The summed E-state index contributed by atoms with van der Waals surface area (Å²) < 4.78 is 14.2. The van der Waals surface area contributed by atoms with Gasteiger partial charge in [0.2, 0.25) is 5.91 Å². The summed E-state index contributed by atoms with van der Waals surface area (Å²) in [5.74, 6) is -0.766. The molecule has 2 aromatic carbocycles. The molecule has 0 unspecified atom stereocenters. The Bertz CT molecular complexity index is 931. The van der Waals surface area contributed by atoms with Crippen LogP contribution >= 0.6 is 24.0 Å². The number of thioether (sulfide) groups is 1. The van der Waals surface area contributed by atoms with Crippen molar-refractivity contribution in [3.63, 3.8) is 0 Å². The number of thiocarbonyl (C=S) groups is 1. The fourth-order valence-electron chi connectivity index (χ4n) is 2.77. The molecule has 1 aliphatic rings. The summed E-state index contributed by atoms with van der Waals surface area (Å²) in [6, 6.07) is 15.9. The van der Waals surface area contributed by atoms with E-state index >= 15 is 0 Å². The van der Waals surface area contributed by atoms with Gasteiger partial charge < -0.3 is 4.90 Å². The van der Waals surface area contributed by atoms with E-state index in [1.807, 2.05) is 30.3 Å². The average Bonchev–Trinajstić information content (AvgIpc) is 2.95. The van der Waals surface area contributed by atoms with E-state index in [0.29, 0.717) is 21.3 Å². The maximum Gasteiger partial charge on any atom is 0.266 e. The Labute approximate surface area is 173 Å². The number of halogens is 1. The Morgan fingerprint density at radius 2 is 1.86 bits per heavy atom. The van der Waals surface area contributed by atoms with Gasteiger partial charge in [-0.15, -0.1) is 0 Å². The first-order chi connectivity index (χ1) is 13.5. The van der Waals surface area contributed by atoms with Crippen molar-refractivity contribution in [2.45, 2.75) is 13.0 Å². The Morgan fingerprint density at radius 1 is 1.18 bits per heavy atom. The molecule has 1 saturated heterocycles. The minimum atomic E-state index is -0.398. The van der Waals surface area contributed by atoms with Crippen molar-refractivity contribution < 1.29 is 14.0 Å². The highest BCUT2D eigenvalue weighted by molar-refractivity contribution is 8.26. The first kappa shape index (κ1) is 20.2. The smallest absolute Gasteiger partial charge is 0.266 e. The standard InChI is InChI=1S/C21H19FN2O2S2/c1-23(14-15-7-3-2-4-8-15)19(25)11-12-24-20(26)18(28-21(24)27)13-16-9-5-6-10-17(16)22/h2-10,13H,11-12,14H2,1H3. The van der Waals surface area contributed by atoms with Crippen LogP contribution in [0.5, 0.6) is 0 Å². The molecule has 1 aliphatic heterocycles. The van der Waals surface area contributed by atoms with Crippen molar-refractivity contribution in [3.8, 4) is 0 Å². The van der Waals surface area contributed by atoms with Crippen molar-refractivity contribution in [2.75, 3.05) is 13.6 Å². The normalized spacial score (nSPS) is 15.4. The molecule has 7 heteroatoms. The molecule has 28 heavy (non-hydrogen) atoms. The van der Waals surface area contributed by atoms with Crippen molar-refractivity contribution in [2.24, 2.45) is 0 Å². The molecule has 0 aromatic heterocycles. The quantitative estimate of drug-likeness (QED) is 0.528. The second-order valence-corrected chi connectivity index (χ2v) is 8.02. The largest absolute Gasteiger partial charge is 0.341 e. The molecular formula is C21H19FN2O2S2. The summed E-state index contributed by atoms with van der Waals surface area (Å²) in [4.78, 5) is 28.4. The highest BCUT2D eigenvalue weighted by Gasteiger charge is 2.32. The molecule has 0 bridgehead atoms. The van der Waals surface area contributed by atoms with Gasteiger partial charge in [-0.05, 0) is 17.7 Å². The molecule has 0 radical (unpaired) electrons. The summed E-state index contributed by atoms with van der Waals surface area (Å²) in [5, 5.41) is 0. The molecule has 0 aliphatic carbocycles. The van der Waals surface area contributed by atoms with Crippen LogP contribution in [0, 0.1) is 5.82 Å². The Balaban J connectivity index is 1.60. The van der Waals surface area contributed by atoms with Gasteiger partial charge in [0, 0.05) is 32.1 Å². The second kappa shape index (κ2) is 9.12. The molecule has 0 spiro atoms. The van der Waals surface area contributed by atoms with Crippen LogP contribution in [-0.2, 0) is 16.1 Å². The molecule has 2 amide bonds. The van der Waals surface area contributed by atoms with Crippen LogP contribution in [0.4, 0.5) is 4.39 Å². The third-order valence-corrected chi connectivity index (χ3v) is 5.68. The van der Waals surface area contributed by atoms with Crippen LogP contribution < -0.4 is 0 Å². The summed E-state index contributed by atoms with van der Waals surface area (Å²) in [6.45, 7) is 0.711. The maximum absolute atomic E-state index is 13.8. The van der Waals surface area contributed by atoms with Gasteiger partial charge in [-0.1, -0.05) is 72.5 Å². The lowest BCUT2D eigenvalue weighted by Gasteiger charge is -2.19. The van der Waals surface area contributed by atoms with E-state index in [9.17, 15) is 14.0 Å². The number of nitrogens with zero attached hydrogens (tertiary/aromatic N) is 2. The molecule has 1 fully saturated rings. The van der Waals surface area contributed by atoms with Gasteiger partial charge in [-0.25, -0.2) is 4.39 Å². The van der Waals surface area contributed by atoms with Crippen LogP contribution in [0.25, 0.3) is 6.08 Å². The summed E-state index contributed by atoms with van der Waals surface area (Å²) in [5.41, 5.74) is 1.37. The monoisotopic (exact) mass is 414 g/mol. The van der Waals surface area contributed by atoms with Gasteiger partial charge in [0.15, 0.2) is 0 Å². The third-order valence-electron chi connectivity index (χ3n) is 4.30. The van der Waals surface area contributed by atoms with Crippen molar-refractivity contribution in [3.05, 3.63) is 76.4 Å². The number of benzene rings is 2. The van der Waals surface area contributed by atoms with Crippen molar-refractivity contribution >= 4 is 46.2 Å². The summed E-state index contributed by atoms with van der Waals surface area (Å²) >= 11 is 6.40. The van der Waals surface area contributed by atoms with Crippen molar-refractivity contribution in [1.29, 1.82) is 0 Å². The molecular weight excluding hydrogens is 395 g/mol. The number of rotatable bonds is 6. The van der Waals surface area contributed by atoms with E-state index in [-0.39, 0.29) is 24.8 Å². The molecule has 1 heterocycles. The van der Waals surface area contributed by atoms with Gasteiger partial charge in [-0.2, -0.15) is 0 Å². The predicted octanol–water partition coefficient (Wildman–Crippen LogP) is 4.08. The molecule has 0 atom stereocenters. The van der Waals surface area contributed by atoms with Crippen LogP contribution in [0.1, 0.15) is 17.5 Å². The van der Waals surface area contributed by atoms with Crippen LogP contribution in [0.15, 0.2) is 59.5 Å². The highest BCUT2D eigenvalue weighted by Crippen LogP contribution is 2.33. The van der Waals surface area contributed by atoms with Gasteiger partial charge in [0.1, 0.15) is 10.1 Å². The molecule has 3 rings (SSSR count). The fourth-order valence-corrected chi connectivity index (χ4v) is 4.07. The lowest BCUT2D eigenvalue weighted by Crippen LogP contribution is -2.34. The zero-order chi connectivity index (χ0) is 20.1. The predicted molar refractivity (Wildman–Crippen MR) is 114 cm³/mol. The van der Waals surface area contributed by atoms with Gasteiger partial charge in [0.05, 0.1) is 4.91 Å². The minimum Gasteiger partial charge on any atom is -0.341 e. The number of hydrogen-bond donors (Lipinski definition) is 0. The zero-order valence-electron chi connectivity index (χ0n) is 15.3. The average molecular weight is 415 g/mol. The third kappa shape index (κ3) is 4.85. The number of carbonyl (C=O) groups excluding carboxylic acids is 2. The maximum atomic E-state index is 13.8. The van der Waals surface area contributed by atoms with E-state index in [1.54, 1.807) is 30.1 Å². The van der Waals surface area contributed by atoms with Crippen LogP contribution in [0.2, 0.25) is 0 Å². The molecule has 0 saturated carbocycles. The Kier molecular flexibility index (Phi) is 6.59. The van der Waals surface area contributed by atoms with E-state index in [0.717, 1.165) is 17.3 Å². The zero-order valence-corrected chi connectivity index (χ0v) is 16.9. The highest BCUT2D eigenvalue weighted by atomic mass is 32.2. The minimum absolute atomic E-state index is 0.0732. The molecule has 2 aromatic rings. The van der Waals surface area contributed by atoms with Crippen LogP contribution in [0.3, 0.4) is 0 Å². The topological polar surface area (TPSA) is 40.6 Å². The lowest BCUT2D eigenvalue weighted by atomic mass is 10.2. The number of carbonyl (C=O) groups is 2. The van der Waals surface area contributed by atoms with Crippen molar-refractivity contribution in [1.82, 2.24) is 9.80 Å². The van der Waals surface area contributed by atoms with Gasteiger partial charge in [0.25, 0.3) is 5.91 Å². The van der Waals surface area contributed by atoms with Crippen LogP contribution in [-0.4, -0.2) is 39.5 Å². The second-order valence-electron chi connectivity index (χ2n) is 6.34. The summed E-state index contributed by atoms with van der Waals surface area (Å²) in [7, 11) is 1.73. The fraction of sp³-hybridized carbons (Fsp3) is 0.190. The van der Waals surface area contributed by atoms with E-state index in [1.165, 1.54) is 17.0 Å². The van der Waals surface area contributed by atoms with E-state index in [4.69, 9.17) is 12.2 Å². The Hall–Kier alpha value is -2.51. The molecule has 144 valence electrons. The number of hydrogen-bond acceptors (Lipinski definition) is 4. The van der Waals surface area contributed by atoms with Gasteiger partial charge in [-0.3, -0.25) is 14.5 Å². The molecule has 4 nitrogen and oxygen atoms in total. The first-order valence-corrected chi connectivity index (χ1v) is 9.96. The lowest BCUT2D eigenvalue weighted by molar-refractivity contribution is -0.131. The molecule has 0 N–H and O–H groups in total. The first-order valence-electron chi connectivity index (χ1n) is 8.73. The van der Waals surface area contributed by atoms with E-state index < -0.39 is 5.82 Å². The summed E-state index contributed by atoms with van der Waals surface area (Å²) in [6.07, 6.45) is 1.67. The van der Waals surface area contributed by atoms with Gasteiger partial charge >= 0.3 is 0 Å². The van der Waals surface area contributed by atoms with E-state index in [2.05, 4.69) is 0 Å². The SMILES string of the molecule is CN(Cc1ccccc1)C(=O)CCN1C(=O)C(=Cc2ccccc2F)SC1=S.